The van der Waals surface area contributed by atoms with Crippen LogP contribution in [0.3, 0.4) is 0 Å². The van der Waals surface area contributed by atoms with Crippen molar-refractivity contribution in [2.24, 2.45) is 5.73 Å². The third kappa shape index (κ3) is 4.71. The lowest BCUT2D eigenvalue weighted by atomic mass is 9.70. The van der Waals surface area contributed by atoms with Gasteiger partial charge in [0.25, 0.3) is 0 Å². The van der Waals surface area contributed by atoms with Gasteiger partial charge in [-0.3, -0.25) is 9.59 Å². The van der Waals surface area contributed by atoms with Gasteiger partial charge in [-0.05, 0) is 56.5 Å². The minimum Gasteiger partial charge on any atom is -0.497 e. The Bertz CT molecular complexity index is 1060. The third-order valence-electron chi connectivity index (χ3n) is 5.61. The van der Waals surface area contributed by atoms with Crippen LogP contribution in [0.1, 0.15) is 38.8 Å². The number of para-hydroxylation sites is 1. The first-order chi connectivity index (χ1) is 15.5. The quantitative estimate of drug-likeness (QED) is 0.696. The number of nitrogens with two attached hydrogens (primary N) is 1. The first-order valence-electron chi connectivity index (χ1n) is 10.8. The van der Waals surface area contributed by atoms with Gasteiger partial charge < -0.3 is 20.5 Å². The molecule has 0 saturated heterocycles. The van der Waals surface area contributed by atoms with E-state index in [1.54, 1.807) is 52.1 Å². The highest BCUT2D eigenvalue weighted by molar-refractivity contribution is 6.21. The van der Waals surface area contributed by atoms with Crippen molar-refractivity contribution >= 4 is 23.6 Å². The molecule has 33 heavy (non-hydrogen) atoms. The smallest absolute Gasteiger partial charge is 0.421 e. The van der Waals surface area contributed by atoms with Gasteiger partial charge in [-0.15, -0.1) is 0 Å². The number of nitrogens with zero attached hydrogens (tertiary/aromatic N) is 1. The molecule has 0 fully saturated rings. The lowest BCUT2D eigenvalue weighted by Crippen LogP contribution is -2.60. The number of ether oxygens (including phenoxy) is 2. The molecule has 3 amide bonds. The van der Waals surface area contributed by atoms with Crippen LogP contribution in [0.5, 0.6) is 5.75 Å². The summed E-state index contributed by atoms with van der Waals surface area (Å²) < 4.78 is 10.9. The van der Waals surface area contributed by atoms with E-state index in [1.807, 2.05) is 24.3 Å². The summed E-state index contributed by atoms with van der Waals surface area (Å²) in [7, 11) is 1.56. The van der Waals surface area contributed by atoms with Crippen molar-refractivity contribution in [2.45, 2.75) is 51.2 Å². The summed E-state index contributed by atoms with van der Waals surface area (Å²) in [5.74, 6) is -0.185. The van der Waals surface area contributed by atoms with Crippen LogP contribution in [0.4, 0.5) is 10.5 Å². The lowest BCUT2D eigenvalue weighted by molar-refractivity contribution is -0.125. The van der Waals surface area contributed by atoms with E-state index >= 15 is 0 Å². The van der Waals surface area contributed by atoms with Crippen LogP contribution < -0.4 is 20.7 Å². The number of anilines is 1. The molecule has 0 bridgehead atoms. The molecular formula is C25H31N3O5. The summed E-state index contributed by atoms with van der Waals surface area (Å²) in [6.45, 7) is 6.58. The van der Waals surface area contributed by atoms with Gasteiger partial charge in [-0.1, -0.05) is 30.3 Å². The van der Waals surface area contributed by atoms with Crippen LogP contribution in [0.2, 0.25) is 0 Å². The van der Waals surface area contributed by atoms with Gasteiger partial charge in [-0.25, -0.2) is 9.69 Å². The number of hydrogen-bond donors (Lipinski definition) is 2. The second-order valence-electron chi connectivity index (χ2n) is 9.13. The Morgan fingerprint density at radius 1 is 1.15 bits per heavy atom. The molecule has 3 rings (SSSR count). The molecular weight excluding hydrogens is 422 g/mol. The second kappa shape index (κ2) is 9.23. The minimum atomic E-state index is -1.32. The summed E-state index contributed by atoms with van der Waals surface area (Å²) in [6.07, 6.45) is -0.576. The maximum absolute atomic E-state index is 14.1. The van der Waals surface area contributed by atoms with Crippen molar-refractivity contribution in [1.82, 2.24) is 5.32 Å². The lowest BCUT2D eigenvalue weighted by Gasteiger charge is -2.36. The summed E-state index contributed by atoms with van der Waals surface area (Å²) in [6, 6.07) is 13.6. The van der Waals surface area contributed by atoms with Crippen molar-refractivity contribution in [3.05, 3.63) is 59.7 Å². The Labute approximate surface area is 194 Å². The predicted octanol–water partition coefficient (Wildman–Crippen LogP) is 2.92. The van der Waals surface area contributed by atoms with E-state index in [4.69, 9.17) is 15.2 Å². The summed E-state index contributed by atoms with van der Waals surface area (Å²) >= 11 is 0. The van der Waals surface area contributed by atoms with Crippen LogP contribution in [0.25, 0.3) is 0 Å². The van der Waals surface area contributed by atoms with E-state index in [9.17, 15) is 14.4 Å². The molecule has 0 spiro atoms. The van der Waals surface area contributed by atoms with Gasteiger partial charge in [0.2, 0.25) is 11.8 Å². The molecule has 0 saturated carbocycles. The highest BCUT2D eigenvalue weighted by atomic mass is 16.6. The van der Waals surface area contributed by atoms with E-state index in [1.165, 1.54) is 6.92 Å². The fourth-order valence-electron chi connectivity index (χ4n) is 4.32. The number of hydrogen-bond acceptors (Lipinski definition) is 6. The SMILES string of the molecule is COc1cccc(C[C@@]2([C@@H](CN)NC(C)=O)C(=O)N(C(=O)OC(C)(C)C)c3ccccc32)c1. The monoisotopic (exact) mass is 453 g/mol. The standard InChI is InChI=1S/C25H31N3O5/c1-16(29)27-21(15-26)25(14-17-9-8-10-18(13-17)32-5)19-11-6-7-12-20(19)28(22(25)30)23(31)33-24(2,3)4/h6-13,21H,14-15,26H2,1-5H3,(H,27,29)/t21-,25-/m1/s1. The molecule has 8 nitrogen and oxygen atoms in total. The maximum atomic E-state index is 14.1. The van der Waals surface area contributed by atoms with Crippen LogP contribution in [-0.4, -0.2) is 43.2 Å². The molecule has 1 aliphatic heterocycles. The number of carbonyl (C=O) groups excluding carboxylic acids is 3. The van der Waals surface area contributed by atoms with Gasteiger partial charge in [-0.2, -0.15) is 0 Å². The molecule has 2 atom stereocenters. The number of rotatable bonds is 6. The van der Waals surface area contributed by atoms with Gasteiger partial charge in [0.15, 0.2) is 0 Å². The van der Waals surface area contributed by atoms with E-state index < -0.39 is 29.1 Å². The molecule has 8 heteroatoms. The number of nitrogens with one attached hydrogen (secondary N) is 1. The molecule has 0 aliphatic carbocycles. The average molecular weight is 454 g/mol. The van der Waals surface area contributed by atoms with Crippen molar-refractivity contribution in [2.75, 3.05) is 18.6 Å². The van der Waals surface area contributed by atoms with Gasteiger partial charge in [0, 0.05) is 13.5 Å². The fraction of sp³-hybridized carbons (Fsp3) is 0.400. The number of amides is 3. The first-order valence-corrected chi connectivity index (χ1v) is 10.8. The van der Waals surface area contributed by atoms with Crippen molar-refractivity contribution < 1.29 is 23.9 Å². The topological polar surface area (TPSA) is 111 Å². The van der Waals surface area contributed by atoms with Crippen molar-refractivity contribution in [1.29, 1.82) is 0 Å². The van der Waals surface area contributed by atoms with Gasteiger partial charge in [0.05, 0.1) is 18.8 Å². The van der Waals surface area contributed by atoms with E-state index in [0.717, 1.165) is 10.5 Å². The van der Waals surface area contributed by atoms with E-state index in [2.05, 4.69) is 5.32 Å². The highest BCUT2D eigenvalue weighted by Gasteiger charge is 2.57. The van der Waals surface area contributed by atoms with Crippen molar-refractivity contribution in [3.63, 3.8) is 0 Å². The largest absolute Gasteiger partial charge is 0.497 e. The molecule has 2 aromatic carbocycles. The molecule has 3 N–H and O–H groups in total. The van der Waals surface area contributed by atoms with E-state index in [0.29, 0.717) is 17.0 Å². The highest BCUT2D eigenvalue weighted by Crippen LogP contribution is 2.47. The molecule has 0 aromatic heterocycles. The molecule has 1 heterocycles. The zero-order valence-electron chi connectivity index (χ0n) is 19.7. The third-order valence-corrected chi connectivity index (χ3v) is 5.61. The van der Waals surface area contributed by atoms with Crippen LogP contribution in [0, 0.1) is 0 Å². The van der Waals surface area contributed by atoms with Gasteiger partial charge >= 0.3 is 6.09 Å². The Balaban J connectivity index is 2.21. The summed E-state index contributed by atoms with van der Waals surface area (Å²) in [5, 5.41) is 2.85. The minimum absolute atomic E-state index is 0.00815. The Morgan fingerprint density at radius 3 is 2.45 bits per heavy atom. The van der Waals surface area contributed by atoms with Crippen molar-refractivity contribution in [3.8, 4) is 5.75 Å². The zero-order chi connectivity index (χ0) is 24.4. The summed E-state index contributed by atoms with van der Waals surface area (Å²) in [4.78, 5) is 40.4. The molecule has 0 unspecified atom stereocenters. The molecule has 1 aliphatic rings. The number of benzene rings is 2. The fourth-order valence-corrected chi connectivity index (χ4v) is 4.32. The Kier molecular flexibility index (Phi) is 6.78. The van der Waals surface area contributed by atoms with Gasteiger partial charge in [0.1, 0.15) is 16.8 Å². The number of methoxy groups -OCH3 is 1. The first kappa shape index (κ1) is 24.3. The zero-order valence-corrected chi connectivity index (χ0v) is 19.7. The average Bonchev–Trinajstić information content (AvgIpc) is 2.99. The normalized spacial score (nSPS) is 18.5. The second-order valence-corrected chi connectivity index (χ2v) is 9.13. The Morgan fingerprint density at radius 2 is 1.85 bits per heavy atom. The number of imide groups is 1. The van der Waals surface area contributed by atoms with E-state index in [-0.39, 0.29) is 18.9 Å². The molecule has 0 radical (unpaired) electrons. The number of fused-ring (bicyclic) bond motifs is 1. The number of carbonyl (C=O) groups is 3. The maximum Gasteiger partial charge on any atom is 0.421 e. The molecule has 2 aromatic rings. The van der Waals surface area contributed by atoms with Crippen LogP contribution in [-0.2, 0) is 26.2 Å². The van der Waals surface area contributed by atoms with Crippen LogP contribution >= 0.6 is 0 Å². The molecule has 176 valence electrons. The predicted molar refractivity (Wildman–Crippen MR) is 125 cm³/mol. The summed E-state index contributed by atoms with van der Waals surface area (Å²) in [5.41, 5.74) is 5.82. The Hall–Kier alpha value is -3.39. The van der Waals surface area contributed by atoms with Crippen LogP contribution in [0.15, 0.2) is 48.5 Å².